The number of nitrogens with zero attached hydrogens (tertiary/aromatic N) is 5. The van der Waals surface area contributed by atoms with Crippen molar-refractivity contribution in [1.82, 2.24) is 20.0 Å². The summed E-state index contributed by atoms with van der Waals surface area (Å²) >= 11 is 0. The Hall–Kier alpha value is -3.57. The number of hydrogen-bond acceptors (Lipinski definition) is 9. The summed E-state index contributed by atoms with van der Waals surface area (Å²) in [6.45, 7) is 6.26. The summed E-state index contributed by atoms with van der Waals surface area (Å²) in [6, 6.07) is 10.3. The molecular weight excluding hydrogens is 491 g/mol. The molecule has 0 radical (unpaired) electrons. The number of carbonyl (C=O) groups is 1. The number of benzene rings is 1. The molecule has 0 saturated carbocycles. The molecule has 1 unspecified atom stereocenters. The van der Waals surface area contributed by atoms with Crippen LogP contribution in [0.1, 0.15) is 44.0 Å². The smallest absolute Gasteiger partial charge is 0.410 e. The predicted molar refractivity (Wildman–Crippen MR) is 138 cm³/mol. The Labute approximate surface area is 220 Å². The summed E-state index contributed by atoms with van der Waals surface area (Å²) in [5.41, 5.74) is 7.68. The SMILES string of the molecule is CC(C)OC(=O)N1CCC(OCc2noc(-c3ccc(N4CC(c5ccccc5F)[C@@H](N)C4)nc3)n2)CC1. The highest BCUT2D eigenvalue weighted by Gasteiger charge is 2.33. The van der Waals surface area contributed by atoms with Crippen LogP contribution in [-0.4, -0.2) is 70.5 Å². The maximum absolute atomic E-state index is 14.3. The molecule has 5 rings (SSSR count). The zero-order chi connectivity index (χ0) is 26.6. The third kappa shape index (κ3) is 5.94. The fourth-order valence-electron chi connectivity index (χ4n) is 4.92. The number of pyridine rings is 1. The molecule has 10 nitrogen and oxygen atoms in total. The number of ether oxygens (including phenoxy) is 2. The molecule has 0 aliphatic carbocycles. The second-order valence-corrected chi connectivity index (χ2v) is 10.0. The molecule has 1 amide bonds. The molecule has 2 atom stereocenters. The van der Waals surface area contributed by atoms with Gasteiger partial charge in [0.1, 0.15) is 18.2 Å². The topological polar surface area (TPSA) is 120 Å². The van der Waals surface area contributed by atoms with E-state index in [4.69, 9.17) is 19.7 Å². The Morgan fingerprint density at radius 3 is 2.68 bits per heavy atom. The molecule has 38 heavy (non-hydrogen) atoms. The molecule has 0 bridgehead atoms. The van der Waals surface area contributed by atoms with Crippen LogP contribution in [0.4, 0.5) is 15.0 Å². The van der Waals surface area contributed by atoms with Gasteiger partial charge >= 0.3 is 6.09 Å². The van der Waals surface area contributed by atoms with Gasteiger partial charge in [-0.3, -0.25) is 0 Å². The van der Waals surface area contributed by atoms with Crippen molar-refractivity contribution in [2.75, 3.05) is 31.1 Å². The van der Waals surface area contributed by atoms with Crippen molar-refractivity contribution in [3.05, 3.63) is 59.8 Å². The summed E-state index contributed by atoms with van der Waals surface area (Å²) in [5, 5.41) is 4.03. The second-order valence-electron chi connectivity index (χ2n) is 10.0. The second kappa shape index (κ2) is 11.4. The predicted octanol–water partition coefficient (Wildman–Crippen LogP) is 3.73. The lowest BCUT2D eigenvalue weighted by molar-refractivity contribution is -0.00899. The van der Waals surface area contributed by atoms with Crippen LogP contribution in [0, 0.1) is 5.82 Å². The van der Waals surface area contributed by atoms with Gasteiger partial charge in [-0.25, -0.2) is 14.2 Å². The maximum atomic E-state index is 14.3. The van der Waals surface area contributed by atoms with Gasteiger partial charge in [0.15, 0.2) is 5.82 Å². The van der Waals surface area contributed by atoms with Gasteiger partial charge in [-0.05, 0) is 50.5 Å². The first kappa shape index (κ1) is 26.1. The van der Waals surface area contributed by atoms with Crippen LogP contribution in [0.3, 0.4) is 0 Å². The minimum Gasteiger partial charge on any atom is -0.447 e. The number of amides is 1. The van der Waals surface area contributed by atoms with E-state index in [9.17, 15) is 9.18 Å². The van der Waals surface area contributed by atoms with Crippen LogP contribution in [-0.2, 0) is 16.1 Å². The van der Waals surface area contributed by atoms with Crippen molar-refractivity contribution in [2.45, 2.75) is 57.5 Å². The van der Waals surface area contributed by atoms with E-state index in [1.165, 1.54) is 6.07 Å². The van der Waals surface area contributed by atoms with E-state index >= 15 is 0 Å². The summed E-state index contributed by atoms with van der Waals surface area (Å²) in [5.74, 6) is 1.23. The van der Waals surface area contributed by atoms with E-state index in [1.807, 2.05) is 32.0 Å². The van der Waals surface area contributed by atoms with Crippen LogP contribution in [0.25, 0.3) is 11.5 Å². The van der Waals surface area contributed by atoms with Crippen LogP contribution < -0.4 is 10.6 Å². The molecule has 2 N–H and O–H groups in total. The van der Waals surface area contributed by atoms with Crippen molar-refractivity contribution < 1.29 is 23.2 Å². The number of rotatable bonds is 7. The molecule has 2 fully saturated rings. The lowest BCUT2D eigenvalue weighted by atomic mass is 9.94. The summed E-state index contributed by atoms with van der Waals surface area (Å²) < 4.78 is 30.9. The van der Waals surface area contributed by atoms with E-state index in [0.29, 0.717) is 49.0 Å². The van der Waals surface area contributed by atoms with Gasteiger partial charge in [0.25, 0.3) is 5.89 Å². The maximum Gasteiger partial charge on any atom is 0.410 e. The molecular formula is C27H33FN6O4. The number of likely N-dealkylation sites (tertiary alicyclic amines) is 1. The molecule has 2 aliphatic rings. The average Bonchev–Trinajstić information content (AvgIpc) is 3.55. The first-order valence-electron chi connectivity index (χ1n) is 13.0. The largest absolute Gasteiger partial charge is 0.447 e. The zero-order valence-electron chi connectivity index (χ0n) is 21.6. The van der Waals surface area contributed by atoms with Gasteiger partial charge in [-0.1, -0.05) is 23.4 Å². The van der Waals surface area contributed by atoms with Gasteiger partial charge in [0.05, 0.1) is 17.8 Å². The van der Waals surface area contributed by atoms with E-state index in [2.05, 4.69) is 20.0 Å². The molecule has 0 spiro atoms. The first-order valence-corrected chi connectivity index (χ1v) is 13.0. The van der Waals surface area contributed by atoms with Gasteiger partial charge in [0.2, 0.25) is 0 Å². The standard InChI is InChI=1S/C27H33FN6O4/c1-17(2)37-27(35)33-11-9-19(10-12-33)36-16-24-31-26(38-32-24)18-7-8-25(30-13-18)34-14-21(23(29)15-34)20-5-3-4-6-22(20)28/h3-8,13,17,19,21,23H,9-12,14-16,29H2,1-2H3/t21?,23-/m0/s1. The van der Waals surface area contributed by atoms with Gasteiger partial charge in [-0.15, -0.1) is 0 Å². The molecule has 2 saturated heterocycles. The van der Waals surface area contributed by atoms with Crippen molar-refractivity contribution in [1.29, 1.82) is 0 Å². The molecule has 1 aromatic carbocycles. The fraction of sp³-hybridized carbons (Fsp3) is 0.481. The Morgan fingerprint density at radius 1 is 1.18 bits per heavy atom. The Bertz CT molecular complexity index is 1230. The molecule has 4 heterocycles. The summed E-state index contributed by atoms with van der Waals surface area (Å²) in [6.07, 6.45) is 2.73. The van der Waals surface area contributed by atoms with Crippen molar-refractivity contribution in [3.63, 3.8) is 0 Å². The minimum atomic E-state index is -0.279. The summed E-state index contributed by atoms with van der Waals surface area (Å²) in [7, 11) is 0. The average molecular weight is 525 g/mol. The van der Waals surface area contributed by atoms with Crippen LogP contribution in [0.2, 0.25) is 0 Å². The summed E-state index contributed by atoms with van der Waals surface area (Å²) in [4.78, 5) is 24.8. The van der Waals surface area contributed by atoms with E-state index in [0.717, 1.165) is 18.7 Å². The highest BCUT2D eigenvalue weighted by molar-refractivity contribution is 5.67. The van der Waals surface area contributed by atoms with Gasteiger partial charge in [-0.2, -0.15) is 4.98 Å². The number of carbonyl (C=O) groups excluding carboxylic acids is 1. The van der Waals surface area contributed by atoms with Gasteiger partial charge in [0, 0.05) is 44.3 Å². The molecule has 3 aromatic rings. The number of hydrogen-bond donors (Lipinski definition) is 1. The monoisotopic (exact) mass is 524 g/mol. The fourth-order valence-corrected chi connectivity index (χ4v) is 4.92. The quantitative estimate of drug-likeness (QED) is 0.493. The van der Waals surface area contributed by atoms with Gasteiger partial charge < -0.3 is 29.5 Å². The number of piperidine rings is 1. The Kier molecular flexibility index (Phi) is 7.85. The van der Waals surface area contributed by atoms with Crippen LogP contribution in [0.15, 0.2) is 47.1 Å². The Morgan fingerprint density at radius 2 is 1.97 bits per heavy atom. The lowest BCUT2D eigenvalue weighted by Gasteiger charge is -2.31. The third-order valence-electron chi connectivity index (χ3n) is 6.94. The number of aromatic nitrogens is 3. The molecule has 2 aliphatic heterocycles. The third-order valence-corrected chi connectivity index (χ3v) is 6.94. The highest BCUT2D eigenvalue weighted by Crippen LogP contribution is 2.31. The van der Waals surface area contributed by atoms with E-state index in [1.54, 1.807) is 23.2 Å². The number of nitrogens with two attached hydrogens (primary N) is 1. The Balaban J connectivity index is 1.13. The number of anilines is 1. The van der Waals surface area contributed by atoms with E-state index in [-0.39, 0.29) is 42.7 Å². The van der Waals surface area contributed by atoms with Crippen LogP contribution in [0.5, 0.6) is 0 Å². The highest BCUT2D eigenvalue weighted by atomic mass is 19.1. The molecule has 2 aromatic heterocycles. The molecule has 202 valence electrons. The lowest BCUT2D eigenvalue weighted by Crippen LogP contribution is -2.41. The number of halogens is 1. The van der Waals surface area contributed by atoms with E-state index < -0.39 is 0 Å². The van der Waals surface area contributed by atoms with Crippen molar-refractivity contribution in [2.24, 2.45) is 5.73 Å². The minimum absolute atomic E-state index is 0.0148. The van der Waals surface area contributed by atoms with Crippen molar-refractivity contribution >= 4 is 11.9 Å². The zero-order valence-corrected chi connectivity index (χ0v) is 21.6. The van der Waals surface area contributed by atoms with Crippen molar-refractivity contribution in [3.8, 4) is 11.5 Å². The molecule has 11 heteroatoms. The van der Waals surface area contributed by atoms with Crippen LogP contribution >= 0.6 is 0 Å². The first-order chi connectivity index (χ1) is 18.4. The normalized spacial score (nSPS) is 20.3.